The third-order valence-electron chi connectivity index (χ3n) is 9.27. The average molecular weight is 931 g/mol. The van der Waals surface area contributed by atoms with Crippen molar-refractivity contribution in [2.75, 3.05) is 0 Å². The van der Waals surface area contributed by atoms with Gasteiger partial charge in [-0.05, 0) is 29.7 Å². The van der Waals surface area contributed by atoms with Crippen molar-refractivity contribution in [3.05, 3.63) is 157 Å². The van der Waals surface area contributed by atoms with Gasteiger partial charge in [-0.3, -0.25) is 4.98 Å². The van der Waals surface area contributed by atoms with E-state index in [1.54, 1.807) is 0 Å². The standard InChI is InChI=1S/C29H17N2O.C18H24GeN.Ir/c1-2-11-20-19(9-1)10-7-17-25(20)31-26-16-5-4-15-24(26)30-29(31)23-14-8-13-22-21-12-3-6-18-27(21)32-28(22)23;1-14(2)11-16-12-18(15-9-7-6-8-10-15)20-13-17(16)19(3,4)5;/h1-13,15-18H;6-9,12-14H,11H2,1-5H3;/q2*-1;/i;11D2;. The molecule has 0 spiro atoms. The van der Waals surface area contributed by atoms with E-state index in [9.17, 15) is 0 Å². The van der Waals surface area contributed by atoms with Crippen LogP contribution in [0.3, 0.4) is 0 Å². The molecule has 0 atom stereocenters. The molecule has 1 radical (unpaired) electrons. The number of pyridine rings is 1. The van der Waals surface area contributed by atoms with E-state index in [1.165, 1.54) is 10.8 Å². The second kappa shape index (κ2) is 15.3. The topological polar surface area (TPSA) is 43.9 Å². The minimum absolute atomic E-state index is 0. The Morgan fingerprint density at radius 2 is 1.51 bits per heavy atom. The van der Waals surface area contributed by atoms with Crippen LogP contribution in [0.1, 0.15) is 22.2 Å². The Hall–Kier alpha value is -4.81. The van der Waals surface area contributed by atoms with Crippen LogP contribution in [0.2, 0.25) is 17.3 Å². The third-order valence-corrected chi connectivity index (χ3v) is 13.5. The van der Waals surface area contributed by atoms with E-state index in [1.807, 2.05) is 80.7 Å². The van der Waals surface area contributed by atoms with Gasteiger partial charge in [0.2, 0.25) is 0 Å². The number of imidazole rings is 1. The fraction of sp³-hybridized carbons (Fsp3) is 0.149. The van der Waals surface area contributed by atoms with Crippen molar-refractivity contribution in [1.29, 1.82) is 0 Å². The molecule has 4 nitrogen and oxygen atoms in total. The van der Waals surface area contributed by atoms with Crippen molar-refractivity contribution in [3.63, 3.8) is 0 Å². The number of benzene rings is 6. The molecule has 0 amide bonds. The van der Waals surface area contributed by atoms with Gasteiger partial charge < -0.3 is 8.98 Å². The summed E-state index contributed by atoms with van der Waals surface area (Å²) in [5.74, 6) is 7.60. The molecule has 9 aromatic rings. The van der Waals surface area contributed by atoms with Gasteiger partial charge in [0.05, 0.1) is 22.4 Å². The summed E-state index contributed by atoms with van der Waals surface area (Å²) in [7, 11) is 0. The molecule has 0 fully saturated rings. The number of aromatic nitrogens is 3. The maximum absolute atomic E-state index is 8.56. The van der Waals surface area contributed by atoms with Gasteiger partial charge in [-0.1, -0.05) is 77.7 Å². The number of furan rings is 1. The zero-order valence-corrected chi connectivity index (χ0v) is 34.9. The molecule has 0 N–H and O–H groups in total. The Balaban J connectivity index is 0.000000179. The van der Waals surface area contributed by atoms with Gasteiger partial charge in [0.1, 0.15) is 5.58 Å². The summed E-state index contributed by atoms with van der Waals surface area (Å²) in [5.41, 5.74) is 8.17. The smallest absolute Gasteiger partial charge is 0.120 e. The minimum atomic E-state index is -2.20. The van der Waals surface area contributed by atoms with Crippen LogP contribution in [0.25, 0.3) is 72.1 Å². The van der Waals surface area contributed by atoms with Crippen molar-refractivity contribution in [1.82, 2.24) is 14.5 Å². The summed E-state index contributed by atoms with van der Waals surface area (Å²) in [6.45, 7) is 3.88. The Labute approximate surface area is 330 Å². The zero-order valence-electron chi connectivity index (χ0n) is 32.4. The van der Waals surface area contributed by atoms with Crippen molar-refractivity contribution in [2.24, 2.45) is 5.92 Å². The van der Waals surface area contributed by atoms with E-state index in [-0.39, 0.29) is 26.0 Å². The Morgan fingerprint density at radius 1 is 0.774 bits per heavy atom. The van der Waals surface area contributed by atoms with Gasteiger partial charge in [0.15, 0.2) is 0 Å². The number of hydrogen-bond acceptors (Lipinski definition) is 3. The van der Waals surface area contributed by atoms with Crippen molar-refractivity contribution >= 4 is 61.4 Å². The average Bonchev–Trinajstić information content (AvgIpc) is 3.76. The second-order valence-corrected chi connectivity index (χ2v) is 25.0. The van der Waals surface area contributed by atoms with Gasteiger partial charge in [-0.25, -0.2) is 0 Å². The largest absolute Gasteiger partial charge is 0.501 e. The number of nitrogens with zero attached hydrogens (tertiary/aromatic N) is 3. The molecule has 6 heteroatoms. The number of para-hydroxylation sites is 3. The summed E-state index contributed by atoms with van der Waals surface area (Å²) in [6.07, 6.45) is 0.562. The summed E-state index contributed by atoms with van der Waals surface area (Å²) in [6, 6.07) is 51.5. The molecular weight excluding hydrogens is 887 g/mol. The van der Waals surface area contributed by atoms with Gasteiger partial charge >= 0.3 is 128 Å². The molecule has 0 saturated heterocycles. The maximum atomic E-state index is 8.56. The number of rotatable bonds is 6. The van der Waals surface area contributed by atoms with Gasteiger partial charge in [0.25, 0.3) is 0 Å². The Bertz CT molecular complexity index is 2780. The maximum Gasteiger partial charge on any atom is 0.120 e. The van der Waals surface area contributed by atoms with Gasteiger partial charge in [-0.2, -0.15) is 0 Å². The van der Waals surface area contributed by atoms with Gasteiger partial charge in [0, 0.05) is 36.6 Å². The SMILES string of the molecule is [2H]C([2H])(c1cc(-c2[c-]cccc2)nc[c]1[Ge]([CH3])([CH3])[CH3])C(C)C.[Ir].[c-]1ccc2c(oc3ccccc32)c1-c1nc2ccccc2n1-c1cccc2ccccc12. The van der Waals surface area contributed by atoms with Crippen LogP contribution in [-0.2, 0) is 26.5 Å². The van der Waals surface area contributed by atoms with E-state index in [4.69, 9.17) is 12.1 Å². The van der Waals surface area contributed by atoms with E-state index in [0.29, 0.717) is 0 Å². The summed E-state index contributed by atoms with van der Waals surface area (Å²) in [4.78, 5) is 9.66. The first-order valence-electron chi connectivity index (χ1n) is 18.8. The normalized spacial score (nSPS) is 12.4. The fourth-order valence-corrected chi connectivity index (χ4v) is 9.83. The predicted molar refractivity (Wildman–Crippen MR) is 220 cm³/mol. The van der Waals surface area contributed by atoms with Crippen LogP contribution in [0.15, 0.2) is 144 Å². The zero-order chi connectivity index (χ0) is 37.6. The van der Waals surface area contributed by atoms with E-state index >= 15 is 0 Å². The molecule has 265 valence electrons. The minimum Gasteiger partial charge on any atom is -0.501 e. The van der Waals surface area contributed by atoms with Crippen LogP contribution in [-0.4, -0.2) is 27.8 Å². The quantitative estimate of drug-likeness (QED) is 0.123. The molecule has 0 unspecified atom stereocenters. The molecule has 3 aromatic heterocycles. The van der Waals surface area contributed by atoms with E-state index in [2.05, 4.69) is 112 Å². The van der Waals surface area contributed by atoms with Crippen LogP contribution in [0.4, 0.5) is 0 Å². The number of fused-ring (bicyclic) bond motifs is 5. The predicted octanol–water partition coefficient (Wildman–Crippen LogP) is 11.8. The molecular formula is C47H41GeIrN3O-2. The molecule has 9 rings (SSSR count). The molecule has 0 bridgehead atoms. The van der Waals surface area contributed by atoms with Crippen LogP contribution >= 0.6 is 0 Å². The van der Waals surface area contributed by atoms with Crippen molar-refractivity contribution in [2.45, 2.75) is 37.5 Å². The second-order valence-electron chi connectivity index (χ2n) is 14.4. The third kappa shape index (κ3) is 7.26. The van der Waals surface area contributed by atoms with Crippen LogP contribution < -0.4 is 4.40 Å². The molecule has 0 aliphatic heterocycles. The molecule has 3 heterocycles. The first kappa shape index (κ1) is 34.0. The van der Waals surface area contributed by atoms with Crippen LogP contribution in [0.5, 0.6) is 0 Å². The van der Waals surface area contributed by atoms with Crippen molar-refractivity contribution < 1.29 is 27.3 Å². The van der Waals surface area contributed by atoms with E-state index < -0.39 is 19.6 Å². The first-order chi connectivity index (χ1) is 26.0. The molecule has 0 saturated carbocycles. The van der Waals surface area contributed by atoms with Crippen LogP contribution in [0, 0.1) is 18.1 Å². The summed E-state index contributed by atoms with van der Waals surface area (Å²) in [5, 5.41) is 4.55. The molecule has 0 aliphatic carbocycles. The summed E-state index contributed by atoms with van der Waals surface area (Å²) < 4.78 is 26.8. The fourth-order valence-electron chi connectivity index (χ4n) is 6.88. The molecule has 6 aromatic carbocycles. The monoisotopic (exact) mass is 932 g/mol. The van der Waals surface area contributed by atoms with E-state index in [0.717, 1.165) is 71.3 Å². The van der Waals surface area contributed by atoms with Crippen molar-refractivity contribution in [3.8, 4) is 28.3 Å². The number of hydrogen-bond donors (Lipinski definition) is 0. The molecule has 0 aliphatic rings. The molecule has 53 heavy (non-hydrogen) atoms. The Morgan fingerprint density at radius 3 is 2.30 bits per heavy atom. The summed E-state index contributed by atoms with van der Waals surface area (Å²) >= 11 is -2.20. The van der Waals surface area contributed by atoms with Gasteiger partial charge in [-0.15, -0.1) is 18.2 Å². The first-order valence-corrected chi connectivity index (χ1v) is 25.1. The Kier molecular flexibility index (Phi) is 9.80.